The van der Waals surface area contributed by atoms with Gasteiger partial charge in [-0.05, 0) is 25.0 Å². The lowest BCUT2D eigenvalue weighted by Gasteiger charge is -2.18. The lowest BCUT2D eigenvalue weighted by Crippen LogP contribution is -2.38. The fraction of sp³-hybridized carbons (Fsp3) is 0.467. The highest BCUT2D eigenvalue weighted by molar-refractivity contribution is 6.06. The van der Waals surface area contributed by atoms with Crippen molar-refractivity contribution < 1.29 is 9.53 Å². The maximum Gasteiger partial charge on any atom is 0.257 e. The number of carbonyl (C=O) groups is 1. The average molecular weight is 277 g/mol. The Morgan fingerprint density at radius 3 is 2.70 bits per heavy atom. The van der Waals surface area contributed by atoms with E-state index in [1.165, 1.54) is 38.7 Å². The first-order chi connectivity index (χ1) is 9.67. The van der Waals surface area contributed by atoms with Crippen LogP contribution >= 0.6 is 0 Å². The molecule has 0 atom stereocenters. The van der Waals surface area contributed by atoms with Crippen LogP contribution in [0.3, 0.4) is 0 Å². The summed E-state index contributed by atoms with van der Waals surface area (Å²) in [7, 11) is 1.53. The largest absolute Gasteiger partial charge is 0.504 e. The Morgan fingerprint density at radius 1 is 1.40 bits per heavy atom. The van der Waals surface area contributed by atoms with Crippen molar-refractivity contribution in [2.45, 2.75) is 38.1 Å². The molecule has 1 aliphatic rings. The highest BCUT2D eigenvalue weighted by Crippen LogP contribution is 2.19. The predicted molar refractivity (Wildman–Crippen MR) is 81.1 cm³/mol. The molecule has 0 spiro atoms. The van der Waals surface area contributed by atoms with Crippen LogP contribution in [0.15, 0.2) is 41.6 Å². The quantitative estimate of drug-likeness (QED) is 0.265. The molecular formula is C15H23N3O2. The fourth-order valence-corrected chi connectivity index (χ4v) is 2.09. The Bertz CT molecular complexity index is 419. The molecule has 0 aromatic heterocycles. The number of hydrogen-bond donors (Lipinski definition) is 2. The van der Waals surface area contributed by atoms with Crippen LogP contribution in [0.4, 0.5) is 0 Å². The molecule has 0 aromatic carbocycles. The zero-order valence-electron chi connectivity index (χ0n) is 12.0. The molecule has 1 amide bonds. The molecule has 1 fully saturated rings. The first kappa shape index (κ1) is 16.0. The number of aliphatic imine (C=N–C) groups is 1. The Balaban J connectivity index is 2.58. The molecule has 5 nitrogen and oxygen atoms in total. The minimum atomic E-state index is -0.321. The SMILES string of the molecule is C=C/C(=C\C=C\OC)C(=O)NC(N)=NC1CCCCC1. The molecule has 1 saturated carbocycles. The van der Waals surface area contributed by atoms with Crippen molar-refractivity contribution in [3.05, 3.63) is 36.6 Å². The van der Waals surface area contributed by atoms with E-state index in [0.29, 0.717) is 5.57 Å². The number of amides is 1. The van der Waals surface area contributed by atoms with Crippen LogP contribution in [0.5, 0.6) is 0 Å². The van der Waals surface area contributed by atoms with Crippen LogP contribution in [0, 0.1) is 0 Å². The molecule has 110 valence electrons. The smallest absolute Gasteiger partial charge is 0.257 e. The molecule has 0 radical (unpaired) electrons. The molecule has 0 unspecified atom stereocenters. The molecule has 0 aromatic rings. The maximum absolute atomic E-state index is 11.9. The van der Waals surface area contributed by atoms with Crippen molar-refractivity contribution in [1.82, 2.24) is 5.32 Å². The molecule has 20 heavy (non-hydrogen) atoms. The van der Waals surface area contributed by atoms with E-state index >= 15 is 0 Å². The first-order valence-corrected chi connectivity index (χ1v) is 6.84. The molecule has 3 N–H and O–H groups in total. The molecular weight excluding hydrogens is 254 g/mol. The summed E-state index contributed by atoms with van der Waals surface area (Å²) in [6.07, 6.45) is 11.8. The number of nitrogens with zero attached hydrogens (tertiary/aromatic N) is 1. The van der Waals surface area contributed by atoms with Gasteiger partial charge in [-0.25, -0.2) is 4.99 Å². The van der Waals surface area contributed by atoms with Crippen molar-refractivity contribution in [2.24, 2.45) is 10.7 Å². The van der Waals surface area contributed by atoms with Gasteiger partial charge in [0.15, 0.2) is 5.96 Å². The van der Waals surface area contributed by atoms with Gasteiger partial charge in [-0.15, -0.1) is 0 Å². The van der Waals surface area contributed by atoms with E-state index in [0.717, 1.165) is 12.8 Å². The van der Waals surface area contributed by atoms with Gasteiger partial charge in [-0.1, -0.05) is 31.9 Å². The second kappa shape index (κ2) is 8.96. The first-order valence-electron chi connectivity index (χ1n) is 6.84. The van der Waals surface area contributed by atoms with Crippen molar-refractivity contribution in [3.8, 4) is 0 Å². The van der Waals surface area contributed by atoms with E-state index in [1.807, 2.05) is 0 Å². The van der Waals surface area contributed by atoms with E-state index in [4.69, 9.17) is 10.5 Å². The van der Waals surface area contributed by atoms with Crippen LogP contribution in [0.1, 0.15) is 32.1 Å². The number of nitrogens with two attached hydrogens (primary N) is 1. The number of methoxy groups -OCH3 is 1. The van der Waals surface area contributed by atoms with Crippen LogP contribution in [-0.4, -0.2) is 25.0 Å². The van der Waals surface area contributed by atoms with Gasteiger partial charge in [0.2, 0.25) is 0 Å². The summed E-state index contributed by atoms with van der Waals surface area (Å²) in [6, 6.07) is 0.230. The average Bonchev–Trinajstić information content (AvgIpc) is 2.44. The van der Waals surface area contributed by atoms with Crippen LogP contribution in [0.2, 0.25) is 0 Å². The van der Waals surface area contributed by atoms with Gasteiger partial charge in [0.1, 0.15) is 0 Å². The Morgan fingerprint density at radius 2 is 2.10 bits per heavy atom. The number of rotatable bonds is 5. The summed E-state index contributed by atoms with van der Waals surface area (Å²) in [5.74, 6) is -0.150. The second-order valence-electron chi connectivity index (χ2n) is 4.65. The van der Waals surface area contributed by atoms with E-state index < -0.39 is 0 Å². The zero-order chi connectivity index (χ0) is 14.8. The summed E-state index contributed by atoms with van der Waals surface area (Å²) < 4.78 is 4.76. The third kappa shape index (κ3) is 5.73. The Labute approximate surface area is 120 Å². The van der Waals surface area contributed by atoms with E-state index in [2.05, 4.69) is 16.9 Å². The molecule has 1 rings (SSSR count). The van der Waals surface area contributed by atoms with Gasteiger partial charge in [0.25, 0.3) is 5.91 Å². The summed E-state index contributed by atoms with van der Waals surface area (Å²) in [5, 5.41) is 2.58. The van der Waals surface area contributed by atoms with E-state index in [-0.39, 0.29) is 17.9 Å². The van der Waals surface area contributed by atoms with Crippen LogP contribution in [-0.2, 0) is 9.53 Å². The standard InChI is InChI=1S/C15H23N3O2/c1-3-12(8-7-11-20-2)14(19)18-15(16)17-13-9-5-4-6-10-13/h3,7-8,11,13H,1,4-6,9-10H2,2H3,(H3,16,17,18,19)/b11-7+,12-8+. The number of carbonyl (C=O) groups excluding carboxylic acids is 1. The van der Waals surface area contributed by atoms with Crippen molar-refractivity contribution >= 4 is 11.9 Å². The third-order valence-corrected chi connectivity index (χ3v) is 3.11. The van der Waals surface area contributed by atoms with Gasteiger partial charge in [0.05, 0.1) is 19.4 Å². The normalized spacial score (nSPS) is 18.1. The monoisotopic (exact) mass is 277 g/mol. The second-order valence-corrected chi connectivity index (χ2v) is 4.65. The molecule has 1 aliphatic carbocycles. The molecule has 5 heteroatoms. The lowest BCUT2D eigenvalue weighted by molar-refractivity contribution is -0.115. The van der Waals surface area contributed by atoms with Gasteiger partial charge < -0.3 is 10.5 Å². The summed E-state index contributed by atoms with van der Waals surface area (Å²) in [4.78, 5) is 16.3. The zero-order valence-corrected chi connectivity index (χ0v) is 12.0. The fourth-order valence-electron chi connectivity index (χ4n) is 2.09. The van der Waals surface area contributed by atoms with Crippen LogP contribution < -0.4 is 11.1 Å². The van der Waals surface area contributed by atoms with Gasteiger partial charge in [-0.2, -0.15) is 0 Å². The lowest BCUT2D eigenvalue weighted by atomic mass is 9.96. The Kier molecular flexibility index (Phi) is 7.17. The van der Waals surface area contributed by atoms with Gasteiger partial charge in [0, 0.05) is 5.57 Å². The van der Waals surface area contributed by atoms with Crippen molar-refractivity contribution in [2.75, 3.05) is 7.11 Å². The van der Waals surface area contributed by atoms with Crippen molar-refractivity contribution in [1.29, 1.82) is 0 Å². The molecule has 0 aliphatic heterocycles. The maximum atomic E-state index is 11.9. The number of allylic oxidation sites excluding steroid dienone is 2. The summed E-state index contributed by atoms with van der Waals surface area (Å²) in [6.45, 7) is 3.60. The number of nitrogens with one attached hydrogen (secondary N) is 1. The van der Waals surface area contributed by atoms with E-state index in [9.17, 15) is 4.79 Å². The highest BCUT2D eigenvalue weighted by Gasteiger charge is 2.13. The van der Waals surface area contributed by atoms with E-state index in [1.54, 1.807) is 12.2 Å². The van der Waals surface area contributed by atoms with Crippen LogP contribution in [0.25, 0.3) is 0 Å². The minimum Gasteiger partial charge on any atom is -0.504 e. The predicted octanol–water partition coefficient (Wildman–Crippen LogP) is 2.02. The van der Waals surface area contributed by atoms with Gasteiger partial charge in [-0.3, -0.25) is 10.1 Å². The Hall–Kier alpha value is -2.04. The molecule has 0 bridgehead atoms. The van der Waals surface area contributed by atoms with Gasteiger partial charge >= 0.3 is 0 Å². The summed E-state index contributed by atoms with van der Waals surface area (Å²) in [5.41, 5.74) is 6.17. The number of guanidine groups is 1. The molecule has 0 heterocycles. The topological polar surface area (TPSA) is 76.7 Å². The van der Waals surface area contributed by atoms with Crippen molar-refractivity contribution in [3.63, 3.8) is 0 Å². The molecule has 0 saturated heterocycles. The summed E-state index contributed by atoms with van der Waals surface area (Å²) >= 11 is 0. The number of ether oxygens (including phenoxy) is 1. The number of hydrogen-bond acceptors (Lipinski definition) is 3. The minimum absolute atomic E-state index is 0.172. The highest BCUT2D eigenvalue weighted by atomic mass is 16.5. The third-order valence-electron chi connectivity index (χ3n) is 3.11.